The zero-order valence-electron chi connectivity index (χ0n) is 14.6. The van der Waals surface area contributed by atoms with Gasteiger partial charge in [-0.3, -0.25) is 4.90 Å². The fraction of sp³-hybridized carbons (Fsp3) is 0.400. The second kappa shape index (κ2) is 8.06. The maximum Gasteiger partial charge on any atom is 0.142 e. The largest absolute Gasteiger partial charge is 0.495 e. The SMILES string of the molecule is CCOc1ccc(CN2CCN(c3ccccc3OC)CC2)cc1. The number of piperazine rings is 1. The molecule has 1 heterocycles. The van der Waals surface area contributed by atoms with Gasteiger partial charge in [0.15, 0.2) is 0 Å². The molecule has 0 atom stereocenters. The van der Waals surface area contributed by atoms with E-state index in [9.17, 15) is 0 Å². The highest BCUT2D eigenvalue weighted by atomic mass is 16.5. The first-order valence-corrected chi connectivity index (χ1v) is 8.62. The lowest BCUT2D eigenvalue weighted by Crippen LogP contribution is -2.46. The molecule has 1 aliphatic rings. The Hall–Kier alpha value is -2.20. The van der Waals surface area contributed by atoms with Crippen LogP contribution in [0.2, 0.25) is 0 Å². The molecule has 0 radical (unpaired) electrons. The molecule has 4 nitrogen and oxygen atoms in total. The van der Waals surface area contributed by atoms with Crippen LogP contribution in [0.15, 0.2) is 48.5 Å². The number of hydrogen-bond acceptors (Lipinski definition) is 4. The van der Waals surface area contributed by atoms with Crippen molar-refractivity contribution in [2.45, 2.75) is 13.5 Å². The summed E-state index contributed by atoms with van der Waals surface area (Å²) >= 11 is 0. The van der Waals surface area contributed by atoms with Crippen LogP contribution in [0.3, 0.4) is 0 Å². The second-order valence-electron chi connectivity index (χ2n) is 6.01. The summed E-state index contributed by atoms with van der Waals surface area (Å²) in [5, 5.41) is 0. The molecule has 0 aliphatic carbocycles. The number of nitrogens with zero attached hydrogens (tertiary/aromatic N) is 2. The lowest BCUT2D eigenvalue weighted by atomic mass is 10.1. The molecule has 3 rings (SSSR count). The van der Waals surface area contributed by atoms with E-state index in [-0.39, 0.29) is 0 Å². The number of ether oxygens (including phenoxy) is 2. The summed E-state index contributed by atoms with van der Waals surface area (Å²) < 4.78 is 11.0. The second-order valence-corrected chi connectivity index (χ2v) is 6.01. The summed E-state index contributed by atoms with van der Waals surface area (Å²) in [6, 6.07) is 16.7. The van der Waals surface area contributed by atoms with Gasteiger partial charge in [0, 0.05) is 32.7 Å². The van der Waals surface area contributed by atoms with E-state index in [1.807, 2.05) is 19.1 Å². The Morgan fingerprint density at radius 1 is 0.917 bits per heavy atom. The number of methoxy groups -OCH3 is 1. The number of para-hydroxylation sites is 2. The summed E-state index contributed by atoms with van der Waals surface area (Å²) in [7, 11) is 1.74. The monoisotopic (exact) mass is 326 g/mol. The minimum Gasteiger partial charge on any atom is -0.495 e. The van der Waals surface area contributed by atoms with E-state index in [0.29, 0.717) is 6.61 Å². The molecule has 2 aromatic rings. The van der Waals surface area contributed by atoms with Gasteiger partial charge in [-0.1, -0.05) is 24.3 Å². The molecule has 0 bridgehead atoms. The zero-order valence-corrected chi connectivity index (χ0v) is 14.6. The lowest BCUT2D eigenvalue weighted by Gasteiger charge is -2.36. The van der Waals surface area contributed by atoms with E-state index in [0.717, 1.165) is 44.2 Å². The molecule has 0 unspecified atom stereocenters. The number of benzene rings is 2. The van der Waals surface area contributed by atoms with Crippen molar-refractivity contribution in [2.24, 2.45) is 0 Å². The molecule has 128 valence electrons. The minimum atomic E-state index is 0.713. The van der Waals surface area contributed by atoms with E-state index in [1.165, 1.54) is 11.3 Å². The maximum absolute atomic E-state index is 5.50. The third kappa shape index (κ3) is 4.01. The normalized spacial score (nSPS) is 15.3. The van der Waals surface area contributed by atoms with E-state index < -0.39 is 0 Å². The van der Waals surface area contributed by atoms with Crippen molar-refractivity contribution in [3.05, 3.63) is 54.1 Å². The predicted octanol–water partition coefficient (Wildman–Crippen LogP) is 3.42. The molecule has 1 saturated heterocycles. The predicted molar refractivity (Wildman–Crippen MR) is 98.1 cm³/mol. The van der Waals surface area contributed by atoms with Gasteiger partial charge in [0.05, 0.1) is 19.4 Å². The molecule has 0 aromatic heterocycles. The molecule has 0 N–H and O–H groups in total. The maximum atomic E-state index is 5.50. The van der Waals surface area contributed by atoms with E-state index in [4.69, 9.17) is 9.47 Å². The molecular formula is C20H26N2O2. The summed E-state index contributed by atoms with van der Waals surface area (Å²) in [4.78, 5) is 4.91. The van der Waals surface area contributed by atoms with Gasteiger partial charge in [-0.15, -0.1) is 0 Å². The zero-order chi connectivity index (χ0) is 16.8. The minimum absolute atomic E-state index is 0.713. The van der Waals surface area contributed by atoms with Crippen molar-refractivity contribution in [1.29, 1.82) is 0 Å². The van der Waals surface area contributed by atoms with Crippen molar-refractivity contribution < 1.29 is 9.47 Å². The van der Waals surface area contributed by atoms with Gasteiger partial charge in [-0.05, 0) is 36.8 Å². The van der Waals surface area contributed by atoms with Gasteiger partial charge in [-0.25, -0.2) is 0 Å². The lowest BCUT2D eigenvalue weighted by molar-refractivity contribution is 0.249. The van der Waals surface area contributed by atoms with Gasteiger partial charge in [0.25, 0.3) is 0 Å². The molecule has 1 fully saturated rings. The Kier molecular flexibility index (Phi) is 5.59. The first-order chi connectivity index (χ1) is 11.8. The summed E-state index contributed by atoms with van der Waals surface area (Å²) in [5.41, 5.74) is 2.53. The fourth-order valence-electron chi connectivity index (χ4n) is 3.15. The average molecular weight is 326 g/mol. The van der Waals surface area contributed by atoms with Crippen molar-refractivity contribution in [2.75, 3.05) is 44.8 Å². The van der Waals surface area contributed by atoms with Gasteiger partial charge < -0.3 is 14.4 Å². The van der Waals surface area contributed by atoms with Gasteiger partial charge >= 0.3 is 0 Å². The Bertz CT molecular complexity index is 634. The van der Waals surface area contributed by atoms with Gasteiger partial charge in [-0.2, -0.15) is 0 Å². The van der Waals surface area contributed by atoms with E-state index in [1.54, 1.807) is 7.11 Å². The van der Waals surface area contributed by atoms with Crippen LogP contribution in [-0.4, -0.2) is 44.8 Å². The van der Waals surface area contributed by atoms with Crippen LogP contribution in [-0.2, 0) is 6.54 Å². The molecule has 0 spiro atoms. The Labute approximate surface area is 144 Å². The molecule has 4 heteroatoms. The van der Waals surface area contributed by atoms with Crippen molar-refractivity contribution >= 4 is 5.69 Å². The molecular weight excluding hydrogens is 300 g/mol. The van der Waals surface area contributed by atoms with Gasteiger partial charge in [0.2, 0.25) is 0 Å². The van der Waals surface area contributed by atoms with Crippen LogP contribution in [0.5, 0.6) is 11.5 Å². The standard InChI is InChI=1S/C20H26N2O2/c1-3-24-18-10-8-17(9-11-18)16-21-12-14-22(15-13-21)19-6-4-5-7-20(19)23-2/h4-11H,3,12-16H2,1-2H3. The van der Waals surface area contributed by atoms with E-state index >= 15 is 0 Å². The molecule has 0 saturated carbocycles. The van der Waals surface area contributed by atoms with Crippen LogP contribution in [0.25, 0.3) is 0 Å². The number of hydrogen-bond donors (Lipinski definition) is 0. The quantitative estimate of drug-likeness (QED) is 0.812. The Morgan fingerprint density at radius 3 is 2.29 bits per heavy atom. The highest BCUT2D eigenvalue weighted by Crippen LogP contribution is 2.28. The van der Waals surface area contributed by atoms with Crippen molar-refractivity contribution in [3.63, 3.8) is 0 Å². The van der Waals surface area contributed by atoms with Crippen LogP contribution in [0, 0.1) is 0 Å². The summed E-state index contributed by atoms with van der Waals surface area (Å²) in [5.74, 6) is 1.90. The first kappa shape index (κ1) is 16.7. The fourth-order valence-corrected chi connectivity index (χ4v) is 3.15. The molecule has 24 heavy (non-hydrogen) atoms. The Balaban J connectivity index is 1.55. The van der Waals surface area contributed by atoms with Crippen LogP contribution >= 0.6 is 0 Å². The molecule has 0 amide bonds. The third-order valence-corrected chi connectivity index (χ3v) is 4.44. The summed E-state index contributed by atoms with van der Waals surface area (Å²) in [6.45, 7) is 7.89. The molecule has 1 aliphatic heterocycles. The number of anilines is 1. The van der Waals surface area contributed by atoms with Crippen LogP contribution < -0.4 is 14.4 Å². The van der Waals surface area contributed by atoms with Crippen molar-refractivity contribution in [1.82, 2.24) is 4.90 Å². The Morgan fingerprint density at radius 2 is 1.62 bits per heavy atom. The highest BCUT2D eigenvalue weighted by Gasteiger charge is 2.19. The van der Waals surface area contributed by atoms with Crippen molar-refractivity contribution in [3.8, 4) is 11.5 Å². The average Bonchev–Trinajstić information content (AvgIpc) is 2.64. The molecule has 2 aromatic carbocycles. The number of rotatable bonds is 6. The van der Waals surface area contributed by atoms with Gasteiger partial charge in [0.1, 0.15) is 11.5 Å². The van der Waals surface area contributed by atoms with Crippen LogP contribution in [0.1, 0.15) is 12.5 Å². The first-order valence-electron chi connectivity index (χ1n) is 8.62. The smallest absolute Gasteiger partial charge is 0.142 e. The van der Waals surface area contributed by atoms with Crippen LogP contribution in [0.4, 0.5) is 5.69 Å². The summed E-state index contributed by atoms with van der Waals surface area (Å²) in [6.07, 6.45) is 0. The highest BCUT2D eigenvalue weighted by molar-refractivity contribution is 5.58. The third-order valence-electron chi connectivity index (χ3n) is 4.44. The topological polar surface area (TPSA) is 24.9 Å². The van der Waals surface area contributed by atoms with E-state index in [2.05, 4.69) is 46.2 Å².